The van der Waals surface area contributed by atoms with Crippen LogP contribution in [-0.2, 0) is 20.0 Å². The van der Waals surface area contributed by atoms with Crippen LogP contribution in [0.4, 0.5) is 13.2 Å². The van der Waals surface area contributed by atoms with Crippen molar-refractivity contribution in [3.05, 3.63) is 46.5 Å². The van der Waals surface area contributed by atoms with Crippen molar-refractivity contribution >= 4 is 29.9 Å². The molecule has 1 heterocycles. The van der Waals surface area contributed by atoms with Gasteiger partial charge in [-0.3, -0.25) is 9.67 Å². The lowest BCUT2D eigenvalue weighted by Crippen LogP contribution is -2.43. The Kier molecular flexibility index (Phi) is 9.74. The van der Waals surface area contributed by atoms with Gasteiger partial charge in [-0.15, -0.1) is 24.0 Å². The highest BCUT2D eigenvalue weighted by molar-refractivity contribution is 14.0. The maximum Gasteiger partial charge on any atom is 0.387 e. The fourth-order valence-electron chi connectivity index (χ4n) is 2.99. The molecule has 0 bridgehead atoms. The monoisotopic (exact) mass is 525 g/mol. The SMILES string of the molecule is CN=C(NCc1c(F)cccc1OC(F)F)NC(C)Cc1c(C)nn(C)c1C.I. The maximum atomic E-state index is 14.1. The fraction of sp³-hybridized carbons (Fsp3) is 0.474. The first-order valence-electron chi connectivity index (χ1n) is 8.91. The normalized spacial score (nSPS) is 12.5. The minimum atomic E-state index is -3.02. The zero-order chi connectivity index (χ0) is 20.8. The van der Waals surface area contributed by atoms with Crippen LogP contribution in [-0.4, -0.2) is 35.4 Å². The van der Waals surface area contributed by atoms with Gasteiger partial charge in [0.1, 0.15) is 11.6 Å². The number of aliphatic imine (C=N–C) groups is 1. The topological polar surface area (TPSA) is 63.5 Å². The second kappa shape index (κ2) is 11.3. The molecule has 2 rings (SSSR count). The molecule has 0 spiro atoms. The van der Waals surface area contributed by atoms with E-state index in [4.69, 9.17) is 0 Å². The Labute approximate surface area is 185 Å². The summed E-state index contributed by atoms with van der Waals surface area (Å²) < 4.78 is 45.4. The number of hydrogen-bond acceptors (Lipinski definition) is 3. The second-order valence-corrected chi connectivity index (χ2v) is 6.54. The maximum absolute atomic E-state index is 14.1. The number of nitrogens with one attached hydrogen (secondary N) is 2. The molecule has 1 unspecified atom stereocenters. The quantitative estimate of drug-likeness (QED) is 0.329. The van der Waals surface area contributed by atoms with Crippen molar-refractivity contribution in [2.75, 3.05) is 7.05 Å². The van der Waals surface area contributed by atoms with Gasteiger partial charge in [0, 0.05) is 37.9 Å². The van der Waals surface area contributed by atoms with Gasteiger partial charge in [0.25, 0.3) is 0 Å². The van der Waals surface area contributed by atoms with E-state index < -0.39 is 12.4 Å². The van der Waals surface area contributed by atoms with Crippen LogP contribution in [0.15, 0.2) is 23.2 Å². The molecule has 1 aromatic carbocycles. The van der Waals surface area contributed by atoms with E-state index in [0.29, 0.717) is 5.96 Å². The molecule has 0 saturated heterocycles. The lowest BCUT2D eigenvalue weighted by Gasteiger charge is -2.19. The summed E-state index contributed by atoms with van der Waals surface area (Å²) in [7, 11) is 3.48. The largest absolute Gasteiger partial charge is 0.434 e. The number of aryl methyl sites for hydroxylation is 2. The summed E-state index contributed by atoms with van der Waals surface area (Å²) >= 11 is 0. The van der Waals surface area contributed by atoms with Gasteiger partial charge in [0.05, 0.1) is 5.69 Å². The van der Waals surface area contributed by atoms with Crippen molar-refractivity contribution in [2.45, 2.75) is 46.4 Å². The van der Waals surface area contributed by atoms with Gasteiger partial charge in [-0.1, -0.05) is 6.07 Å². The van der Waals surface area contributed by atoms with E-state index >= 15 is 0 Å². The van der Waals surface area contributed by atoms with Gasteiger partial charge >= 0.3 is 6.61 Å². The summed E-state index contributed by atoms with van der Waals surface area (Å²) in [5.74, 6) is -0.402. The third-order valence-corrected chi connectivity index (χ3v) is 4.50. The molecule has 2 N–H and O–H groups in total. The molecular formula is C19H27F3IN5O. The van der Waals surface area contributed by atoms with Crippen molar-refractivity contribution in [1.82, 2.24) is 20.4 Å². The molecule has 2 aromatic rings. The summed E-state index contributed by atoms with van der Waals surface area (Å²) in [6.45, 7) is 2.89. The Morgan fingerprint density at radius 2 is 1.97 bits per heavy atom. The molecule has 10 heteroatoms. The molecule has 0 aliphatic carbocycles. The van der Waals surface area contributed by atoms with Crippen molar-refractivity contribution < 1.29 is 17.9 Å². The third kappa shape index (κ3) is 6.79. The third-order valence-electron chi connectivity index (χ3n) is 4.50. The van der Waals surface area contributed by atoms with Gasteiger partial charge in [-0.25, -0.2) is 4.39 Å². The first kappa shape index (κ1) is 25.1. The number of rotatable bonds is 7. The lowest BCUT2D eigenvalue weighted by atomic mass is 10.1. The molecule has 0 radical (unpaired) electrons. The highest BCUT2D eigenvalue weighted by Gasteiger charge is 2.16. The molecule has 1 aromatic heterocycles. The Balaban J connectivity index is 0.00000420. The average molecular weight is 525 g/mol. The molecule has 29 heavy (non-hydrogen) atoms. The van der Waals surface area contributed by atoms with E-state index in [1.165, 1.54) is 18.2 Å². The zero-order valence-electron chi connectivity index (χ0n) is 17.1. The van der Waals surface area contributed by atoms with E-state index in [9.17, 15) is 13.2 Å². The Bertz CT molecular complexity index is 841. The van der Waals surface area contributed by atoms with Gasteiger partial charge in [-0.2, -0.15) is 13.9 Å². The van der Waals surface area contributed by atoms with Crippen molar-refractivity contribution in [2.24, 2.45) is 12.0 Å². The molecular weight excluding hydrogens is 498 g/mol. The average Bonchev–Trinajstić information content (AvgIpc) is 2.85. The van der Waals surface area contributed by atoms with Gasteiger partial charge < -0.3 is 15.4 Å². The summed E-state index contributed by atoms with van der Waals surface area (Å²) in [5, 5.41) is 10.6. The fourth-order valence-corrected chi connectivity index (χ4v) is 2.99. The van der Waals surface area contributed by atoms with Crippen molar-refractivity contribution in [1.29, 1.82) is 0 Å². The minimum absolute atomic E-state index is 0. The van der Waals surface area contributed by atoms with Crippen LogP contribution in [0.3, 0.4) is 0 Å². The van der Waals surface area contributed by atoms with Crippen LogP contribution in [0.5, 0.6) is 5.75 Å². The summed E-state index contributed by atoms with van der Waals surface area (Å²) in [6, 6.07) is 3.84. The van der Waals surface area contributed by atoms with Gasteiger partial charge in [0.15, 0.2) is 5.96 Å². The van der Waals surface area contributed by atoms with E-state index in [1.807, 2.05) is 32.5 Å². The number of halogens is 4. The van der Waals surface area contributed by atoms with E-state index in [0.717, 1.165) is 23.4 Å². The highest BCUT2D eigenvalue weighted by atomic mass is 127. The molecule has 0 fully saturated rings. The summed E-state index contributed by atoms with van der Waals surface area (Å²) in [4.78, 5) is 4.12. The van der Waals surface area contributed by atoms with Crippen LogP contribution in [0.25, 0.3) is 0 Å². The number of aromatic nitrogens is 2. The van der Waals surface area contributed by atoms with E-state index in [2.05, 4.69) is 25.5 Å². The molecule has 0 amide bonds. The standard InChI is InChI=1S/C19H26F3N5O.HI/c1-11(9-14-12(2)26-27(5)13(14)3)25-19(23-4)24-10-15-16(20)7-6-8-17(15)28-18(21)22;/h6-8,11,18H,9-10H2,1-5H3,(H2,23,24,25);1H. The van der Waals surface area contributed by atoms with Gasteiger partial charge in [0.2, 0.25) is 0 Å². The Morgan fingerprint density at radius 1 is 1.28 bits per heavy atom. The van der Waals surface area contributed by atoms with Crippen LogP contribution < -0.4 is 15.4 Å². The van der Waals surface area contributed by atoms with Crippen LogP contribution in [0.2, 0.25) is 0 Å². The molecule has 0 aliphatic heterocycles. The molecule has 162 valence electrons. The number of benzene rings is 1. The van der Waals surface area contributed by atoms with E-state index in [-0.39, 0.29) is 47.9 Å². The minimum Gasteiger partial charge on any atom is -0.434 e. The predicted octanol–water partition coefficient (Wildman–Crippen LogP) is 3.69. The number of guanidine groups is 1. The zero-order valence-corrected chi connectivity index (χ0v) is 19.4. The van der Waals surface area contributed by atoms with E-state index in [1.54, 1.807) is 7.05 Å². The molecule has 6 nitrogen and oxygen atoms in total. The van der Waals surface area contributed by atoms with Crippen LogP contribution in [0.1, 0.15) is 29.4 Å². The summed E-state index contributed by atoms with van der Waals surface area (Å²) in [6.07, 6.45) is 0.728. The molecule has 1 atom stereocenters. The number of hydrogen-bond donors (Lipinski definition) is 2. The first-order chi connectivity index (χ1) is 13.2. The smallest absolute Gasteiger partial charge is 0.387 e. The Morgan fingerprint density at radius 3 is 2.52 bits per heavy atom. The molecule has 0 saturated carbocycles. The van der Waals surface area contributed by atoms with Crippen LogP contribution in [0, 0.1) is 19.7 Å². The predicted molar refractivity (Wildman–Crippen MR) is 118 cm³/mol. The first-order valence-corrected chi connectivity index (χ1v) is 8.91. The van der Waals surface area contributed by atoms with Crippen molar-refractivity contribution in [3.8, 4) is 5.75 Å². The summed E-state index contributed by atoms with van der Waals surface area (Å²) in [5.41, 5.74) is 3.23. The highest BCUT2D eigenvalue weighted by Crippen LogP contribution is 2.23. The second-order valence-electron chi connectivity index (χ2n) is 6.54. The lowest BCUT2D eigenvalue weighted by molar-refractivity contribution is -0.0506. The van der Waals surface area contributed by atoms with Gasteiger partial charge in [-0.05, 0) is 44.9 Å². The number of ether oxygens (including phenoxy) is 1. The molecule has 0 aliphatic rings. The number of nitrogens with zero attached hydrogens (tertiary/aromatic N) is 3. The Hall–Kier alpha value is -1.98. The van der Waals surface area contributed by atoms with Crippen molar-refractivity contribution in [3.63, 3.8) is 0 Å². The van der Waals surface area contributed by atoms with Crippen LogP contribution >= 0.6 is 24.0 Å². The number of alkyl halides is 2.